The van der Waals surface area contributed by atoms with Gasteiger partial charge in [0.1, 0.15) is 23.2 Å². The van der Waals surface area contributed by atoms with Crippen molar-refractivity contribution in [2.45, 2.75) is 13.1 Å². The lowest BCUT2D eigenvalue weighted by Crippen LogP contribution is -2.40. The van der Waals surface area contributed by atoms with Crippen LogP contribution in [-0.4, -0.2) is 18.7 Å². The van der Waals surface area contributed by atoms with Gasteiger partial charge in [-0.2, -0.15) is 0 Å². The highest BCUT2D eigenvalue weighted by Gasteiger charge is 2.21. The van der Waals surface area contributed by atoms with Crippen LogP contribution in [0.3, 0.4) is 0 Å². The van der Waals surface area contributed by atoms with Crippen LogP contribution in [0.4, 0.5) is 13.2 Å². The smallest absolute Gasteiger partial charge is 0.337 e. The molecule has 5 aromatic rings. The van der Waals surface area contributed by atoms with E-state index in [1.165, 1.54) is 47.5 Å². The molecule has 0 amide bonds. The van der Waals surface area contributed by atoms with E-state index in [1.54, 1.807) is 12.1 Å². The fraction of sp³-hybridized carbons (Fsp3) is 0.0870. The Labute approximate surface area is 183 Å². The van der Waals surface area contributed by atoms with Crippen LogP contribution < -0.4 is 11.2 Å². The zero-order chi connectivity index (χ0) is 23.1. The molecule has 0 aliphatic carbocycles. The molecule has 7 nitrogen and oxygen atoms in total. The standard InChI is InChI=1S/C23H15F3N4O3/c24-14-6-8-15(9-7-14)30-21-20(22(31)29(23(30)32)11-16-3-2-10-33-16)28(13-27-21)12-17-18(25)4-1-5-19(17)26/h1-10,13H,11-12H2. The molecule has 166 valence electrons. The second kappa shape index (κ2) is 7.97. The van der Waals surface area contributed by atoms with Gasteiger partial charge < -0.3 is 8.98 Å². The van der Waals surface area contributed by atoms with Crippen LogP contribution in [0.25, 0.3) is 16.9 Å². The van der Waals surface area contributed by atoms with Crippen molar-refractivity contribution in [2.24, 2.45) is 0 Å². The van der Waals surface area contributed by atoms with Gasteiger partial charge in [0.25, 0.3) is 5.56 Å². The summed E-state index contributed by atoms with van der Waals surface area (Å²) in [6.45, 7) is -0.506. The van der Waals surface area contributed by atoms with Crippen molar-refractivity contribution in [3.63, 3.8) is 0 Å². The molecule has 0 bridgehead atoms. The molecule has 3 aromatic heterocycles. The zero-order valence-electron chi connectivity index (χ0n) is 16.9. The Bertz CT molecular complexity index is 1560. The molecule has 0 aliphatic rings. The van der Waals surface area contributed by atoms with E-state index < -0.39 is 28.7 Å². The Morgan fingerprint density at radius 2 is 1.61 bits per heavy atom. The van der Waals surface area contributed by atoms with Crippen molar-refractivity contribution in [1.82, 2.24) is 18.7 Å². The number of imidazole rings is 1. The average Bonchev–Trinajstić information content (AvgIpc) is 3.45. The fourth-order valence-electron chi connectivity index (χ4n) is 3.67. The monoisotopic (exact) mass is 452 g/mol. The lowest BCUT2D eigenvalue weighted by atomic mass is 10.2. The van der Waals surface area contributed by atoms with E-state index in [9.17, 15) is 22.8 Å². The van der Waals surface area contributed by atoms with Crippen molar-refractivity contribution < 1.29 is 17.6 Å². The van der Waals surface area contributed by atoms with Crippen LogP contribution >= 0.6 is 0 Å². The third kappa shape index (κ3) is 3.55. The molecular formula is C23H15F3N4O3. The normalized spacial score (nSPS) is 11.4. The minimum Gasteiger partial charge on any atom is -0.467 e. The maximum atomic E-state index is 14.3. The molecule has 0 fully saturated rings. The molecular weight excluding hydrogens is 437 g/mol. The summed E-state index contributed by atoms with van der Waals surface area (Å²) in [6.07, 6.45) is 2.64. The van der Waals surface area contributed by atoms with Crippen LogP contribution in [0.15, 0.2) is 81.2 Å². The van der Waals surface area contributed by atoms with E-state index in [4.69, 9.17) is 4.42 Å². The van der Waals surface area contributed by atoms with Gasteiger partial charge in [-0.05, 0) is 48.5 Å². The van der Waals surface area contributed by atoms with E-state index in [0.29, 0.717) is 5.76 Å². The van der Waals surface area contributed by atoms with Crippen molar-refractivity contribution >= 4 is 11.2 Å². The first-order chi connectivity index (χ1) is 15.9. The van der Waals surface area contributed by atoms with E-state index in [0.717, 1.165) is 21.3 Å². The second-order valence-electron chi connectivity index (χ2n) is 7.31. The molecule has 10 heteroatoms. The number of nitrogens with zero attached hydrogens (tertiary/aromatic N) is 4. The first-order valence-corrected chi connectivity index (χ1v) is 9.86. The highest BCUT2D eigenvalue weighted by molar-refractivity contribution is 5.72. The van der Waals surface area contributed by atoms with Crippen LogP contribution in [0.5, 0.6) is 0 Å². The van der Waals surface area contributed by atoms with E-state index in [2.05, 4.69) is 4.98 Å². The summed E-state index contributed by atoms with van der Waals surface area (Å²) < 4.78 is 50.6. The highest BCUT2D eigenvalue weighted by atomic mass is 19.1. The van der Waals surface area contributed by atoms with Crippen molar-refractivity contribution in [3.8, 4) is 5.69 Å². The van der Waals surface area contributed by atoms with E-state index in [-0.39, 0.29) is 35.5 Å². The summed E-state index contributed by atoms with van der Waals surface area (Å²) in [5, 5.41) is 0. The summed E-state index contributed by atoms with van der Waals surface area (Å²) in [4.78, 5) is 30.9. The Hall–Kier alpha value is -4.34. The number of benzene rings is 2. The number of hydrogen-bond acceptors (Lipinski definition) is 4. The third-order valence-electron chi connectivity index (χ3n) is 5.27. The second-order valence-corrected chi connectivity index (χ2v) is 7.31. The molecule has 0 saturated heterocycles. The van der Waals surface area contributed by atoms with Crippen LogP contribution in [0, 0.1) is 17.5 Å². The number of furan rings is 1. The fourth-order valence-corrected chi connectivity index (χ4v) is 3.67. The van der Waals surface area contributed by atoms with Gasteiger partial charge in [0.15, 0.2) is 11.2 Å². The summed E-state index contributed by atoms with van der Waals surface area (Å²) >= 11 is 0. The largest absolute Gasteiger partial charge is 0.467 e. The Morgan fingerprint density at radius 3 is 2.27 bits per heavy atom. The van der Waals surface area contributed by atoms with Crippen molar-refractivity contribution in [3.05, 3.63) is 117 Å². The highest BCUT2D eigenvalue weighted by Crippen LogP contribution is 2.18. The molecule has 0 aliphatic heterocycles. The first-order valence-electron chi connectivity index (χ1n) is 9.86. The lowest BCUT2D eigenvalue weighted by Gasteiger charge is -2.12. The third-order valence-corrected chi connectivity index (χ3v) is 5.27. The van der Waals surface area contributed by atoms with Crippen LogP contribution in [-0.2, 0) is 13.1 Å². The molecule has 0 unspecified atom stereocenters. The topological polar surface area (TPSA) is 75.0 Å². The molecule has 3 heterocycles. The predicted molar refractivity (Wildman–Crippen MR) is 113 cm³/mol. The van der Waals surface area contributed by atoms with Gasteiger partial charge in [-0.3, -0.25) is 9.36 Å². The van der Waals surface area contributed by atoms with Gasteiger partial charge in [-0.1, -0.05) is 6.07 Å². The van der Waals surface area contributed by atoms with E-state index >= 15 is 0 Å². The summed E-state index contributed by atoms with van der Waals surface area (Å²) in [5.74, 6) is -1.71. The molecule has 5 rings (SSSR count). The quantitative estimate of drug-likeness (QED) is 0.409. The van der Waals surface area contributed by atoms with Crippen molar-refractivity contribution in [2.75, 3.05) is 0 Å². The maximum Gasteiger partial charge on any atom is 0.337 e. The van der Waals surface area contributed by atoms with E-state index in [1.807, 2.05) is 0 Å². The van der Waals surface area contributed by atoms with Gasteiger partial charge >= 0.3 is 5.69 Å². The van der Waals surface area contributed by atoms with Gasteiger partial charge in [0.05, 0.1) is 31.4 Å². The maximum absolute atomic E-state index is 14.3. The number of rotatable bonds is 5. The van der Waals surface area contributed by atoms with Crippen LogP contribution in [0.2, 0.25) is 0 Å². The number of hydrogen-bond donors (Lipinski definition) is 0. The summed E-state index contributed by atoms with van der Waals surface area (Å²) in [6, 6.07) is 11.8. The molecule has 0 radical (unpaired) electrons. The van der Waals surface area contributed by atoms with Crippen molar-refractivity contribution in [1.29, 1.82) is 0 Å². The minimum atomic E-state index is -0.778. The molecule has 0 spiro atoms. The van der Waals surface area contributed by atoms with Gasteiger partial charge in [-0.25, -0.2) is 27.5 Å². The van der Waals surface area contributed by atoms with Gasteiger partial charge in [-0.15, -0.1) is 0 Å². The minimum absolute atomic E-state index is 0.0240. The molecule has 0 saturated carbocycles. The lowest BCUT2D eigenvalue weighted by molar-refractivity contribution is 0.482. The Morgan fingerprint density at radius 1 is 0.879 bits per heavy atom. The molecule has 33 heavy (non-hydrogen) atoms. The van der Waals surface area contributed by atoms with Crippen LogP contribution in [0.1, 0.15) is 11.3 Å². The number of fused-ring (bicyclic) bond motifs is 1. The SMILES string of the molecule is O=c1c2c(ncn2Cc2c(F)cccc2F)n(-c2ccc(F)cc2)c(=O)n1Cc1ccco1. The first kappa shape index (κ1) is 20.6. The predicted octanol–water partition coefficient (Wildman–Crippen LogP) is 3.46. The average molecular weight is 452 g/mol. The Kier molecular flexibility index (Phi) is 4.97. The summed E-state index contributed by atoms with van der Waals surface area (Å²) in [5.41, 5.74) is -1.50. The van der Waals surface area contributed by atoms with Gasteiger partial charge in [0.2, 0.25) is 0 Å². The number of halogens is 3. The Balaban J connectivity index is 1.78. The number of aromatic nitrogens is 4. The molecule has 0 atom stereocenters. The molecule has 0 N–H and O–H groups in total. The molecule has 2 aromatic carbocycles. The zero-order valence-corrected chi connectivity index (χ0v) is 16.9. The van der Waals surface area contributed by atoms with Gasteiger partial charge in [0, 0.05) is 5.56 Å². The summed E-state index contributed by atoms with van der Waals surface area (Å²) in [7, 11) is 0.